The summed E-state index contributed by atoms with van der Waals surface area (Å²) in [5.74, 6) is -3.15. The van der Waals surface area contributed by atoms with Gasteiger partial charge in [0.25, 0.3) is 5.91 Å². The maximum Gasteiger partial charge on any atom is 2.00 e. The molecule has 4 fully saturated rings. The van der Waals surface area contributed by atoms with E-state index in [-0.39, 0.29) is 89.9 Å². The Morgan fingerprint density at radius 3 is 1.75 bits per heavy atom. The second-order valence-electron chi connectivity index (χ2n) is 21.4. The minimum absolute atomic E-state index is 0. The number of hydrogen-bond acceptors (Lipinski definition) is 10. The molecule has 3 aromatic rings. The molecular weight excluding hydrogens is 1090 g/mol. The molecule has 7 rings (SSSR count). The van der Waals surface area contributed by atoms with Crippen molar-refractivity contribution < 1.29 is 64.5 Å². The first-order valence-corrected chi connectivity index (χ1v) is 27.2. The van der Waals surface area contributed by atoms with Crippen molar-refractivity contribution in [3.8, 4) is 0 Å². The van der Waals surface area contributed by atoms with E-state index < -0.39 is 22.7 Å². The number of hydrogen-bond donors (Lipinski definition) is 2. The van der Waals surface area contributed by atoms with Crippen molar-refractivity contribution in [3.63, 3.8) is 0 Å². The minimum Gasteiger partial charge on any atom is -1.00 e. The standard InChI is InChI=1S/C17H24ClF2NO.C17H22ClNO3.C13H24N2O4.C6H4Cl.C4H8O.ClH.Mg/c1-16(19,20)8-4-9-17(22,14-6-3-10-21-12-14)13-5-2-7-15(18)11-13;1-17(2,3)22-16(21)19-9-5-7-13(11-19)15(20)12-6-4-8-14(18)10-12;1-13(2,3)19-12(17)15-8-6-7-10(9-15)11(16)14(4)18-5;7-6-4-2-1-3-5-6;1-2-4-5-3-1;;/h2,5,7,11,14,21-22H,3-4,6,8-10,12H2,1H3;4,6,8,10,13H,5,7,9,11H2,1-3H3;10H,6-9H2,1-5H3;1-2,4-5H;1-4H2;1H;/q;;;-1;;;+2/p-1/t14-,17-;13-;10-;;;;/m111..../s1. The second-order valence-corrected chi connectivity index (χ2v) is 22.7. The van der Waals surface area contributed by atoms with Crippen LogP contribution in [-0.2, 0) is 29.4 Å². The van der Waals surface area contributed by atoms with Crippen molar-refractivity contribution in [1.82, 2.24) is 20.2 Å². The zero-order valence-corrected chi connectivity index (χ0v) is 51.1. The van der Waals surface area contributed by atoms with Gasteiger partial charge in [-0.1, -0.05) is 52.5 Å². The van der Waals surface area contributed by atoms with Crippen LogP contribution in [-0.4, -0.2) is 151 Å². The fourth-order valence-corrected chi connectivity index (χ4v) is 9.25. The number of aliphatic hydroxyl groups is 1. The number of alkyl halides is 2. The summed E-state index contributed by atoms with van der Waals surface area (Å²) in [5.41, 5.74) is -0.821. The van der Waals surface area contributed by atoms with Crippen LogP contribution in [0.5, 0.6) is 0 Å². The Morgan fingerprint density at radius 1 is 0.766 bits per heavy atom. The van der Waals surface area contributed by atoms with Gasteiger partial charge in [-0.25, -0.2) is 23.4 Å². The summed E-state index contributed by atoms with van der Waals surface area (Å²) >= 11 is 17.5. The first-order chi connectivity index (χ1) is 35.2. The van der Waals surface area contributed by atoms with Gasteiger partial charge in [-0.3, -0.25) is 14.4 Å². The predicted octanol–water partition coefficient (Wildman–Crippen LogP) is 9.74. The van der Waals surface area contributed by atoms with Crippen LogP contribution in [0.3, 0.4) is 0 Å². The fraction of sp³-hybridized carbons (Fsp3) is 0.614. The molecule has 4 saturated heterocycles. The number of piperidine rings is 3. The maximum atomic E-state index is 13.1. The van der Waals surface area contributed by atoms with Crippen LogP contribution in [0.2, 0.25) is 15.1 Å². The van der Waals surface area contributed by atoms with Gasteiger partial charge in [0.1, 0.15) is 11.2 Å². The minimum atomic E-state index is -2.69. The molecule has 77 heavy (non-hydrogen) atoms. The van der Waals surface area contributed by atoms with E-state index in [4.69, 9.17) is 53.9 Å². The smallest absolute Gasteiger partial charge is 1.00 e. The summed E-state index contributed by atoms with van der Waals surface area (Å²) in [6.07, 6.45) is 7.26. The number of hydroxylamine groups is 2. The predicted molar refractivity (Wildman–Crippen MR) is 298 cm³/mol. The molecule has 0 spiro atoms. The zero-order valence-electron chi connectivity index (χ0n) is 46.6. The third-order valence-electron chi connectivity index (χ3n) is 12.5. The molecule has 4 heterocycles. The third-order valence-corrected chi connectivity index (χ3v) is 13.2. The van der Waals surface area contributed by atoms with E-state index in [0.717, 1.165) is 75.8 Å². The molecule has 0 saturated carbocycles. The molecule has 0 aromatic heterocycles. The average molecular weight is 1170 g/mol. The van der Waals surface area contributed by atoms with Crippen molar-refractivity contribution >= 4 is 81.7 Å². The summed E-state index contributed by atoms with van der Waals surface area (Å²) < 4.78 is 41.8. The van der Waals surface area contributed by atoms with Crippen LogP contribution in [0, 0.1) is 23.8 Å². The van der Waals surface area contributed by atoms with Gasteiger partial charge in [0.05, 0.1) is 18.6 Å². The van der Waals surface area contributed by atoms with Crippen molar-refractivity contribution in [2.75, 3.05) is 66.6 Å². The average Bonchev–Trinajstić information content (AvgIpc) is 3.96. The van der Waals surface area contributed by atoms with E-state index in [1.165, 1.54) is 25.0 Å². The van der Waals surface area contributed by atoms with Crippen molar-refractivity contribution in [3.05, 3.63) is 105 Å². The number of nitrogens with zero attached hydrogens (tertiary/aromatic N) is 3. The molecule has 0 radical (unpaired) electrons. The van der Waals surface area contributed by atoms with Crippen molar-refractivity contribution in [2.24, 2.45) is 17.8 Å². The SMILES string of the molecule is C1CCOC1.CC(C)(C)OC(=O)N1CCC[C@@H](C(=O)c2cccc(Cl)c2)C1.CC(F)(F)CCC[C@@](O)(c1cccc(Cl)c1)[C@@H]1CCCNC1.CON(C)C(=O)[C@@H]1CCCN(C(=O)OC(C)(C)C)C1.Clc1c[c-]ccc1.[Cl-].[Mg+2]. The molecule has 4 atom stereocenters. The molecule has 0 unspecified atom stereocenters. The summed E-state index contributed by atoms with van der Waals surface area (Å²) in [6.45, 7) is 17.6. The van der Waals surface area contributed by atoms with E-state index in [0.29, 0.717) is 54.8 Å². The fourth-order valence-electron chi connectivity index (χ4n) is 8.73. The van der Waals surface area contributed by atoms with Gasteiger partial charge < -0.3 is 46.8 Å². The van der Waals surface area contributed by atoms with Gasteiger partial charge in [-0.2, -0.15) is 41.9 Å². The maximum absolute atomic E-state index is 13.1. The van der Waals surface area contributed by atoms with Crippen LogP contribution in [0.1, 0.15) is 135 Å². The summed E-state index contributed by atoms with van der Waals surface area (Å²) in [5, 5.41) is 17.6. The summed E-state index contributed by atoms with van der Waals surface area (Å²) in [7, 11) is 3.03. The van der Waals surface area contributed by atoms with E-state index in [1.807, 2.05) is 65.8 Å². The van der Waals surface area contributed by atoms with E-state index in [9.17, 15) is 33.1 Å². The van der Waals surface area contributed by atoms with Gasteiger partial charge >= 0.3 is 35.2 Å². The van der Waals surface area contributed by atoms with Gasteiger partial charge in [-0.15, -0.1) is 0 Å². The van der Waals surface area contributed by atoms with Gasteiger partial charge in [-0.05, 0) is 149 Å². The number of rotatable bonds is 10. The van der Waals surface area contributed by atoms with E-state index >= 15 is 0 Å². The molecule has 0 bridgehead atoms. The van der Waals surface area contributed by atoms with E-state index in [1.54, 1.807) is 65.4 Å². The van der Waals surface area contributed by atoms with Crippen LogP contribution in [0.25, 0.3) is 0 Å². The molecule has 3 amide bonds. The molecule has 2 N–H and O–H groups in total. The Kier molecular flexibility index (Phi) is 33.3. The van der Waals surface area contributed by atoms with Crippen LogP contribution < -0.4 is 17.7 Å². The molecule has 3 aromatic carbocycles. The normalized spacial score (nSPS) is 19.1. The molecular formula is C57H82Cl4F2MgN4O9. The first kappa shape index (κ1) is 72.0. The topological polar surface area (TPSA) is 147 Å². The van der Waals surface area contributed by atoms with Crippen LogP contribution in [0.15, 0.2) is 72.8 Å². The van der Waals surface area contributed by atoms with Gasteiger partial charge in [0.2, 0.25) is 5.92 Å². The Morgan fingerprint density at radius 2 is 1.31 bits per heavy atom. The third kappa shape index (κ3) is 28.3. The number of amides is 3. The van der Waals surface area contributed by atoms with Crippen LogP contribution >= 0.6 is 34.8 Å². The zero-order chi connectivity index (χ0) is 55.8. The molecule has 428 valence electrons. The van der Waals surface area contributed by atoms with E-state index in [2.05, 4.69) is 11.4 Å². The van der Waals surface area contributed by atoms with Gasteiger partial charge in [0, 0.05) is 86.9 Å². The Balaban J connectivity index is 0.000000513. The Labute approximate surface area is 494 Å². The summed E-state index contributed by atoms with van der Waals surface area (Å²) in [6, 6.07) is 24.1. The monoisotopic (exact) mass is 1170 g/mol. The molecule has 20 heteroatoms. The quantitative estimate of drug-likeness (QED) is 0.0871. The Bertz CT molecular complexity index is 2190. The van der Waals surface area contributed by atoms with Crippen LogP contribution in [0.4, 0.5) is 18.4 Å². The number of carbonyl (C=O) groups is 4. The first-order valence-electron chi connectivity index (χ1n) is 26.0. The number of nitrogens with one attached hydrogen (secondary N) is 1. The van der Waals surface area contributed by atoms with Gasteiger partial charge in [0.15, 0.2) is 5.78 Å². The molecule has 4 aliphatic heterocycles. The van der Waals surface area contributed by atoms with Crippen molar-refractivity contribution in [1.29, 1.82) is 0 Å². The molecule has 13 nitrogen and oxygen atoms in total. The molecule has 4 aliphatic rings. The summed E-state index contributed by atoms with van der Waals surface area (Å²) in [4.78, 5) is 56.8. The number of ether oxygens (including phenoxy) is 3. The number of halogens is 6. The molecule has 0 aliphatic carbocycles. The second kappa shape index (κ2) is 35.6. The number of benzene rings is 3. The number of carbonyl (C=O) groups excluding carboxylic acids is 4. The number of Topliss-reactive ketones (excluding diaryl/α,β-unsaturated/α-hetero) is 1. The Hall–Kier alpha value is -3.03. The largest absolute Gasteiger partial charge is 2.00 e. The number of likely N-dealkylation sites (tertiary alicyclic amines) is 2. The van der Waals surface area contributed by atoms with Crippen molar-refractivity contribution in [2.45, 2.75) is 142 Å². The number of ketones is 1.